The molecule has 31 heavy (non-hydrogen) atoms. The highest BCUT2D eigenvalue weighted by Crippen LogP contribution is 2.18. The van der Waals surface area contributed by atoms with E-state index in [1.165, 1.54) is 31.2 Å². The van der Waals surface area contributed by atoms with E-state index < -0.39 is 28.0 Å². The molecule has 0 aromatic heterocycles. The fourth-order valence-corrected chi connectivity index (χ4v) is 3.78. The minimum absolute atomic E-state index is 0.0196. The van der Waals surface area contributed by atoms with Crippen LogP contribution in [0.5, 0.6) is 0 Å². The smallest absolute Gasteiger partial charge is 0.338 e. The SMILES string of the molecule is Cc1ccc(NS(=O)(=O)c2cccc(C(=O)OC(C)C(=O)Nc3ccccc3)c2)cc1. The first-order valence-electron chi connectivity index (χ1n) is 9.51. The van der Waals surface area contributed by atoms with Crippen molar-refractivity contribution in [3.63, 3.8) is 0 Å². The predicted molar refractivity (Wildman–Crippen MR) is 118 cm³/mol. The molecule has 0 spiro atoms. The Morgan fingerprint density at radius 3 is 2.23 bits per heavy atom. The van der Waals surface area contributed by atoms with Gasteiger partial charge in [-0.3, -0.25) is 9.52 Å². The van der Waals surface area contributed by atoms with Gasteiger partial charge in [-0.2, -0.15) is 0 Å². The van der Waals surface area contributed by atoms with Crippen LogP contribution in [0.25, 0.3) is 0 Å². The lowest BCUT2D eigenvalue weighted by Gasteiger charge is -2.14. The minimum Gasteiger partial charge on any atom is -0.449 e. The molecule has 3 aromatic carbocycles. The third-order valence-corrected chi connectivity index (χ3v) is 5.76. The monoisotopic (exact) mass is 438 g/mol. The zero-order valence-electron chi connectivity index (χ0n) is 17.0. The molecule has 0 aliphatic carbocycles. The molecule has 0 radical (unpaired) electrons. The number of ether oxygens (including phenoxy) is 1. The number of rotatable bonds is 7. The van der Waals surface area contributed by atoms with E-state index in [1.54, 1.807) is 48.5 Å². The van der Waals surface area contributed by atoms with E-state index in [4.69, 9.17) is 4.74 Å². The molecule has 1 amide bonds. The lowest BCUT2D eigenvalue weighted by Crippen LogP contribution is -2.30. The molecule has 1 unspecified atom stereocenters. The molecule has 3 rings (SSSR count). The van der Waals surface area contributed by atoms with Gasteiger partial charge in [0, 0.05) is 11.4 Å². The van der Waals surface area contributed by atoms with Crippen LogP contribution in [-0.2, 0) is 19.6 Å². The molecule has 0 saturated carbocycles. The molecule has 3 aromatic rings. The van der Waals surface area contributed by atoms with Crippen molar-refractivity contribution in [1.29, 1.82) is 0 Å². The van der Waals surface area contributed by atoms with Crippen molar-refractivity contribution in [2.75, 3.05) is 10.0 Å². The molecule has 0 heterocycles. The van der Waals surface area contributed by atoms with Crippen molar-refractivity contribution in [3.8, 4) is 0 Å². The number of aryl methyl sites for hydroxylation is 1. The van der Waals surface area contributed by atoms with E-state index in [1.807, 2.05) is 13.0 Å². The van der Waals surface area contributed by atoms with E-state index in [0.29, 0.717) is 11.4 Å². The van der Waals surface area contributed by atoms with Crippen molar-refractivity contribution in [2.45, 2.75) is 24.8 Å². The van der Waals surface area contributed by atoms with Gasteiger partial charge in [-0.15, -0.1) is 0 Å². The van der Waals surface area contributed by atoms with E-state index in [0.717, 1.165) is 5.56 Å². The average molecular weight is 439 g/mol. The van der Waals surface area contributed by atoms with Crippen molar-refractivity contribution >= 4 is 33.3 Å². The van der Waals surface area contributed by atoms with Gasteiger partial charge in [0.05, 0.1) is 10.5 Å². The Balaban J connectivity index is 1.69. The number of anilines is 2. The number of nitrogens with one attached hydrogen (secondary N) is 2. The number of esters is 1. The number of para-hydroxylation sites is 1. The maximum absolute atomic E-state index is 12.7. The highest BCUT2D eigenvalue weighted by molar-refractivity contribution is 7.92. The van der Waals surface area contributed by atoms with Gasteiger partial charge in [-0.1, -0.05) is 42.0 Å². The summed E-state index contributed by atoms with van der Waals surface area (Å²) in [5.74, 6) is -1.30. The molecule has 160 valence electrons. The number of hydrogen-bond donors (Lipinski definition) is 2. The van der Waals surface area contributed by atoms with Crippen LogP contribution in [0.2, 0.25) is 0 Å². The van der Waals surface area contributed by atoms with Crippen molar-refractivity contribution in [1.82, 2.24) is 0 Å². The summed E-state index contributed by atoms with van der Waals surface area (Å²) >= 11 is 0. The second-order valence-corrected chi connectivity index (χ2v) is 8.58. The summed E-state index contributed by atoms with van der Waals surface area (Å²) in [6, 6.07) is 21.1. The van der Waals surface area contributed by atoms with E-state index in [2.05, 4.69) is 10.0 Å². The lowest BCUT2D eigenvalue weighted by molar-refractivity contribution is -0.123. The minimum atomic E-state index is -3.90. The zero-order chi connectivity index (χ0) is 22.4. The van der Waals surface area contributed by atoms with Crippen LogP contribution in [0.3, 0.4) is 0 Å². The molecule has 2 N–H and O–H groups in total. The number of carbonyl (C=O) groups excluding carboxylic acids is 2. The van der Waals surface area contributed by atoms with E-state index in [9.17, 15) is 18.0 Å². The van der Waals surface area contributed by atoms with Crippen LogP contribution in [0.1, 0.15) is 22.8 Å². The van der Waals surface area contributed by atoms with Crippen molar-refractivity contribution in [2.24, 2.45) is 0 Å². The fourth-order valence-electron chi connectivity index (χ4n) is 2.67. The summed E-state index contributed by atoms with van der Waals surface area (Å²) in [5, 5.41) is 2.64. The Hall–Kier alpha value is -3.65. The van der Waals surface area contributed by atoms with Gasteiger partial charge in [0.1, 0.15) is 0 Å². The molecule has 0 bridgehead atoms. The molecule has 7 nitrogen and oxygen atoms in total. The summed E-state index contributed by atoms with van der Waals surface area (Å²) in [7, 11) is -3.90. The van der Waals surface area contributed by atoms with Gasteiger partial charge in [0.15, 0.2) is 6.10 Å². The Bertz CT molecular complexity index is 1180. The van der Waals surface area contributed by atoms with Crippen LogP contribution in [0, 0.1) is 6.92 Å². The second kappa shape index (κ2) is 9.44. The van der Waals surface area contributed by atoms with Gasteiger partial charge in [0.2, 0.25) is 0 Å². The first-order valence-corrected chi connectivity index (χ1v) is 11.0. The van der Waals surface area contributed by atoms with Gasteiger partial charge >= 0.3 is 5.97 Å². The second-order valence-electron chi connectivity index (χ2n) is 6.90. The summed E-state index contributed by atoms with van der Waals surface area (Å²) in [6.07, 6.45) is -1.07. The van der Waals surface area contributed by atoms with Crippen LogP contribution in [0.4, 0.5) is 11.4 Å². The standard InChI is InChI=1S/C23H22N2O5S/c1-16-11-13-20(14-12-16)25-31(28,29)21-10-6-7-18(15-21)23(27)30-17(2)22(26)24-19-8-4-3-5-9-19/h3-15,17,25H,1-2H3,(H,24,26). The summed E-state index contributed by atoms with van der Waals surface area (Å²) in [5.41, 5.74) is 2.00. The molecule has 0 saturated heterocycles. The summed E-state index contributed by atoms with van der Waals surface area (Å²) in [4.78, 5) is 24.6. The largest absolute Gasteiger partial charge is 0.449 e. The molecular formula is C23H22N2O5S. The van der Waals surface area contributed by atoms with Crippen LogP contribution in [0.15, 0.2) is 83.8 Å². The van der Waals surface area contributed by atoms with E-state index >= 15 is 0 Å². The highest BCUT2D eigenvalue weighted by Gasteiger charge is 2.21. The Morgan fingerprint density at radius 1 is 0.871 bits per heavy atom. The van der Waals surface area contributed by atoms with Gasteiger partial charge < -0.3 is 10.1 Å². The topological polar surface area (TPSA) is 102 Å². The number of sulfonamides is 1. The molecule has 0 aliphatic rings. The zero-order valence-corrected chi connectivity index (χ0v) is 17.8. The van der Waals surface area contributed by atoms with Crippen molar-refractivity contribution in [3.05, 3.63) is 90.0 Å². The molecule has 0 fully saturated rings. The highest BCUT2D eigenvalue weighted by atomic mass is 32.2. The maximum Gasteiger partial charge on any atom is 0.338 e. The first kappa shape index (κ1) is 22.0. The molecule has 0 aliphatic heterocycles. The lowest BCUT2D eigenvalue weighted by atomic mass is 10.2. The number of hydrogen-bond acceptors (Lipinski definition) is 5. The summed E-state index contributed by atoms with van der Waals surface area (Å²) in [6.45, 7) is 3.34. The Labute approximate surface area is 181 Å². The molecule has 8 heteroatoms. The Morgan fingerprint density at radius 2 is 1.55 bits per heavy atom. The van der Waals surface area contributed by atoms with Gasteiger partial charge in [-0.25, -0.2) is 13.2 Å². The predicted octanol–water partition coefficient (Wildman–Crippen LogP) is 3.98. The molecule has 1 atom stereocenters. The maximum atomic E-state index is 12.7. The van der Waals surface area contributed by atoms with Crippen LogP contribution >= 0.6 is 0 Å². The fraction of sp³-hybridized carbons (Fsp3) is 0.130. The number of carbonyl (C=O) groups is 2. The quantitative estimate of drug-likeness (QED) is 0.544. The van der Waals surface area contributed by atoms with Gasteiger partial charge in [0.25, 0.3) is 15.9 Å². The van der Waals surface area contributed by atoms with Crippen molar-refractivity contribution < 1.29 is 22.7 Å². The first-order chi connectivity index (χ1) is 14.7. The third kappa shape index (κ3) is 5.93. The Kier molecular flexibility index (Phi) is 6.71. The number of amides is 1. The molecular weight excluding hydrogens is 416 g/mol. The van der Waals surface area contributed by atoms with Gasteiger partial charge in [-0.05, 0) is 56.3 Å². The third-order valence-electron chi connectivity index (χ3n) is 4.38. The van der Waals surface area contributed by atoms with E-state index in [-0.39, 0.29) is 10.5 Å². The van der Waals surface area contributed by atoms with Crippen LogP contribution < -0.4 is 10.0 Å². The number of benzene rings is 3. The average Bonchev–Trinajstić information content (AvgIpc) is 2.76. The summed E-state index contributed by atoms with van der Waals surface area (Å²) < 4.78 is 33.0. The van der Waals surface area contributed by atoms with Crippen LogP contribution in [-0.4, -0.2) is 26.4 Å². The normalized spacial score (nSPS) is 11.9.